The molecule has 0 saturated heterocycles. The highest BCUT2D eigenvalue weighted by Gasteiger charge is 2.06. The minimum atomic E-state index is -0.0372. The number of aromatic nitrogens is 3. The van der Waals surface area contributed by atoms with Gasteiger partial charge in [-0.05, 0) is 24.3 Å². The molecule has 1 N–H and O–H groups in total. The second-order valence-corrected chi connectivity index (χ2v) is 5.64. The van der Waals surface area contributed by atoms with Gasteiger partial charge in [-0.2, -0.15) is 0 Å². The highest BCUT2D eigenvalue weighted by Crippen LogP contribution is 2.16. The lowest BCUT2D eigenvalue weighted by Gasteiger charge is -2.07. The Morgan fingerprint density at radius 2 is 1.79 bits per heavy atom. The van der Waals surface area contributed by atoms with Gasteiger partial charge >= 0.3 is 0 Å². The van der Waals surface area contributed by atoms with E-state index >= 15 is 0 Å². The first-order valence-corrected chi connectivity index (χ1v) is 7.84. The number of para-hydroxylation sites is 3. The molecular formula is C19H16N4O. The van der Waals surface area contributed by atoms with Gasteiger partial charge in [0.1, 0.15) is 0 Å². The van der Waals surface area contributed by atoms with Crippen LogP contribution in [-0.4, -0.2) is 20.4 Å². The molecule has 1 amide bonds. The van der Waals surface area contributed by atoms with Gasteiger partial charge in [0.2, 0.25) is 5.91 Å². The predicted octanol–water partition coefficient (Wildman–Crippen LogP) is 3.61. The fourth-order valence-corrected chi connectivity index (χ4v) is 2.77. The number of benzene rings is 2. The number of anilines is 1. The summed E-state index contributed by atoms with van der Waals surface area (Å²) in [5.74, 6) is -0.0372. The Morgan fingerprint density at radius 1 is 1.00 bits per heavy atom. The van der Waals surface area contributed by atoms with Crippen molar-refractivity contribution in [2.24, 2.45) is 0 Å². The molecule has 4 aromatic rings. The number of pyridine rings is 1. The minimum Gasteiger partial charge on any atom is -0.330 e. The Balaban J connectivity index is 1.44. The van der Waals surface area contributed by atoms with Gasteiger partial charge in [-0.1, -0.05) is 30.3 Å². The molecule has 0 atom stereocenters. The van der Waals surface area contributed by atoms with Crippen LogP contribution in [0, 0.1) is 0 Å². The molecule has 5 heteroatoms. The van der Waals surface area contributed by atoms with Crippen LogP contribution in [0.4, 0.5) is 5.69 Å². The van der Waals surface area contributed by atoms with Crippen molar-refractivity contribution in [2.75, 3.05) is 5.32 Å². The third-order valence-electron chi connectivity index (χ3n) is 3.98. The summed E-state index contributed by atoms with van der Waals surface area (Å²) in [6.45, 7) is 0.591. The van der Waals surface area contributed by atoms with Gasteiger partial charge in [0.25, 0.3) is 0 Å². The summed E-state index contributed by atoms with van der Waals surface area (Å²) in [7, 11) is 0. The van der Waals surface area contributed by atoms with Crippen molar-refractivity contribution in [1.29, 1.82) is 0 Å². The molecule has 0 aliphatic heterocycles. The molecule has 118 valence electrons. The molecule has 2 heterocycles. The average Bonchev–Trinajstić information content (AvgIpc) is 3.03. The molecule has 0 aliphatic rings. The average molecular weight is 316 g/mol. The zero-order valence-corrected chi connectivity index (χ0v) is 13.0. The normalized spacial score (nSPS) is 11.0. The first-order chi connectivity index (χ1) is 11.8. The summed E-state index contributed by atoms with van der Waals surface area (Å²) in [6.07, 6.45) is 3.84. The van der Waals surface area contributed by atoms with Crippen LogP contribution in [-0.2, 0) is 11.3 Å². The molecular weight excluding hydrogens is 300 g/mol. The minimum absolute atomic E-state index is 0.0372. The van der Waals surface area contributed by atoms with Crippen LogP contribution in [0.1, 0.15) is 6.42 Å². The fourth-order valence-electron chi connectivity index (χ4n) is 2.77. The molecule has 24 heavy (non-hydrogen) atoms. The zero-order valence-electron chi connectivity index (χ0n) is 13.0. The summed E-state index contributed by atoms with van der Waals surface area (Å²) < 4.78 is 1.99. The van der Waals surface area contributed by atoms with E-state index in [-0.39, 0.29) is 5.91 Å². The summed E-state index contributed by atoms with van der Waals surface area (Å²) in [4.78, 5) is 20.9. The second kappa shape index (κ2) is 6.12. The molecule has 0 bridgehead atoms. The Bertz CT molecular complexity index is 1020. The molecule has 5 nitrogen and oxygen atoms in total. The van der Waals surface area contributed by atoms with Crippen LogP contribution in [0.2, 0.25) is 0 Å². The van der Waals surface area contributed by atoms with Crippen molar-refractivity contribution in [1.82, 2.24) is 14.5 Å². The number of nitrogens with one attached hydrogen (secondary N) is 1. The number of amides is 1. The highest BCUT2D eigenvalue weighted by molar-refractivity contribution is 5.93. The van der Waals surface area contributed by atoms with Gasteiger partial charge in [-0.15, -0.1) is 0 Å². The van der Waals surface area contributed by atoms with Gasteiger partial charge in [0.05, 0.1) is 34.8 Å². The van der Waals surface area contributed by atoms with Crippen molar-refractivity contribution in [3.05, 3.63) is 67.1 Å². The van der Waals surface area contributed by atoms with Crippen LogP contribution >= 0.6 is 0 Å². The monoisotopic (exact) mass is 316 g/mol. The molecule has 2 aromatic heterocycles. The first-order valence-electron chi connectivity index (χ1n) is 7.84. The Labute approximate surface area is 139 Å². The summed E-state index contributed by atoms with van der Waals surface area (Å²) >= 11 is 0. The number of hydrogen-bond acceptors (Lipinski definition) is 3. The molecule has 4 rings (SSSR count). The maximum atomic E-state index is 12.2. The maximum absolute atomic E-state index is 12.2. The number of rotatable bonds is 4. The van der Waals surface area contributed by atoms with Gasteiger partial charge in [0, 0.05) is 18.4 Å². The summed E-state index contributed by atoms with van der Waals surface area (Å²) in [6, 6.07) is 17.7. The number of imidazole rings is 1. The number of hydrogen-bond donors (Lipinski definition) is 1. The Morgan fingerprint density at radius 3 is 2.71 bits per heavy atom. The number of carbonyl (C=O) groups is 1. The van der Waals surface area contributed by atoms with E-state index in [1.165, 1.54) is 0 Å². The number of fused-ring (bicyclic) bond motifs is 2. The van der Waals surface area contributed by atoms with Gasteiger partial charge < -0.3 is 9.88 Å². The Hall–Kier alpha value is -3.21. The smallest absolute Gasteiger partial charge is 0.226 e. The van der Waals surface area contributed by atoms with E-state index < -0.39 is 0 Å². The zero-order chi connectivity index (χ0) is 16.4. The fraction of sp³-hybridized carbons (Fsp3) is 0.105. The molecule has 0 aliphatic carbocycles. The van der Waals surface area contributed by atoms with E-state index in [2.05, 4.69) is 15.3 Å². The standard InChI is InChI=1S/C19H16N4O/c24-19(9-10-23-13-21-17-7-3-4-8-18(17)23)22-15-11-14-5-1-2-6-16(14)20-12-15/h1-8,11-13H,9-10H2,(H,22,24). The highest BCUT2D eigenvalue weighted by atomic mass is 16.1. The number of aryl methyl sites for hydroxylation is 1. The van der Waals surface area contributed by atoms with E-state index in [1.54, 1.807) is 12.5 Å². The van der Waals surface area contributed by atoms with Crippen molar-refractivity contribution in [3.8, 4) is 0 Å². The van der Waals surface area contributed by atoms with E-state index in [4.69, 9.17) is 0 Å². The summed E-state index contributed by atoms with van der Waals surface area (Å²) in [5.41, 5.74) is 3.61. The van der Waals surface area contributed by atoms with E-state index in [0.717, 1.165) is 21.9 Å². The van der Waals surface area contributed by atoms with E-state index in [1.807, 2.05) is 59.2 Å². The quantitative estimate of drug-likeness (QED) is 0.625. The number of nitrogens with zero attached hydrogens (tertiary/aromatic N) is 3. The van der Waals surface area contributed by atoms with Crippen LogP contribution in [0.5, 0.6) is 0 Å². The van der Waals surface area contributed by atoms with E-state index in [9.17, 15) is 4.79 Å². The van der Waals surface area contributed by atoms with Crippen molar-refractivity contribution >= 4 is 33.5 Å². The predicted molar refractivity (Wildman–Crippen MR) is 94.7 cm³/mol. The van der Waals surface area contributed by atoms with Gasteiger partial charge in [-0.3, -0.25) is 9.78 Å². The van der Waals surface area contributed by atoms with Crippen molar-refractivity contribution in [2.45, 2.75) is 13.0 Å². The molecule has 0 radical (unpaired) electrons. The third kappa shape index (κ3) is 2.84. The molecule has 0 unspecified atom stereocenters. The van der Waals surface area contributed by atoms with Crippen LogP contribution in [0.3, 0.4) is 0 Å². The van der Waals surface area contributed by atoms with Crippen molar-refractivity contribution in [3.63, 3.8) is 0 Å². The first kappa shape index (κ1) is 14.4. The number of carbonyl (C=O) groups excluding carboxylic acids is 1. The van der Waals surface area contributed by atoms with Crippen molar-refractivity contribution < 1.29 is 4.79 Å². The molecule has 0 spiro atoms. The van der Waals surface area contributed by atoms with Gasteiger partial charge in [-0.25, -0.2) is 4.98 Å². The molecule has 2 aromatic carbocycles. The lowest BCUT2D eigenvalue weighted by atomic mass is 10.2. The lowest BCUT2D eigenvalue weighted by molar-refractivity contribution is -0.116. The lowest BCUT2D eigenvalue weighted by Crippen LogP contribution is -2.14. The van der Waals surface area contributed by atoms with Gasteiger partial charge in [0.15, 0.2) is 0 Å². The maximum Gasteiger partial charge on any atom is 0.226 e. The Kier molecular flexibility index (Phi) is 3.67. The topological polar surface area (TPSA) is 59.8 Å². The third-order valence-corrected chi connectivity index (χ3v) is 3.98. The molecule has 0 fully saturated rings. The largest absolute Gasteiger partial charge is 0.330 e. The van der Waals surface area contributed by atoms with E-state index in [0.29, 0.717) is 18.7 Å². The second-order valence-electron chi connectivity index (χ2n) is 5.64. The van der Waals surface area contributed by atoms with Crippen LogP contribution in [0.15, 0.2) is 67.1 Å². The summed E-state index contributed by atoms with van der Waals surface area (Å²) in [5, 5.41) is 3.92. The van der Waals surface area contributed by atoms with Crippen LogP contribution in [0.25, 0.3) is 21.9 Å². The SMILES string of the molecule is O=C(CCn1cnc2ccccc21)Nc1cnc2ccccc2c1. The van der Waals surface area contributed by atoms with Crippen LogP contribution < -0.4 is 5.32 Å². The molecule has 0 saturated carbocycles.